The summed E-state index contributed by atoms with van der Waals surface area (Å²) >= 11 is 0. The minimum absolute atomic E-state index is 0.111. The van der Waals surface area contributed by atoms with Gasteiger partial charge in [0.15, 0.2) is 0 Å². The molecule has 1 N–H and O–H groups in total. The second-order valence-electron chi connectivity index (χ2n) is 8.32. The zero-order valence-electron chi connectivity index (χ0n) is 18.1. The summed E-state index contributed by atoms with van der Waals surface area (Å²) in [5.41, 5.74) is 0.907. The summed E-state index contributed by atoms with van der Waals surface area (Å²) in [5.74, 6) is 0.575. The van der Waals surface area contributed by atoms with Crippen LogP contribution in [0.25, 0.3) is 0 Å². The van der Waals surface area contributed by atoms with Gasteiger partial charge in [-0.15, -0.1) is 0 Å². The Balaban J connectivity index is 1.34. The topological polar surface area (TPSA) is 79.3 Å². The number of likely N-dealkylation sites (tertiary alicyclic amines) is 2. The van der Waals surface area contributed by atoms with Gasteiger partial charge in [-0.05, 0) is 43.4 Å². The summed E-state index contributed by atoms with van der Waals surface area (Å²) in [6, 6.07) is 18.0. The summed E-state index contributed by atoms with van der Waals surface area (Å²) in [7, 11) is 0. The van der Waals surface area contributed by atoms with E-state index in [1.54, 1.807) is 4.90 Å². The number of amides is 2. The molecule has 2 aromatic carbocycles. The molecule has 2 aromatic rings. The first kappa shape index (κ1) is 22.1. The summed E-state index contributed by atoms with van der Waals surface area (Å²) in [6.45, 7) is 1.38. The summed E-state index contributed by atoms with van der Waals surface area (Å²) in [4.78, 5) is 29.3. The molecule has 2 fully saturated rings. The highest BCUT2D eigenvalue weighted by Crippen LogP contribution is 2.27. The number of hydrogen-bond acceptors (Lipinski definition) is 5. The van der Waals surface area contributed by atoms with Crippen LogP contribution in [0.3, 0.4) is 0 Å². The molecule has 2 aliphatic heterocycles. The van der Waals surface area contributed by atoms with E-state index < -0.39 is 18.2 Å². The van der Waals surface area contributed by atoms with Crippen molar-refractivity contribution in [3.63, 3.8) is 0 Å². The predicted molar refractivity (Wildman–Crippen MR) is 119 cm³/mol. The van der Waals surface area contributed by atoms with E-state index in [1.807, 2.05) is 60.7 Å². The predicted octanol–water partition coefficient (Wildman–Crippen LogP) is 3.22. The first-order chi connectivity index (χ1) is 15.6. The number of hydrogen-bond donors (Lipinski definition) is 1. The minimum atomic E-state index is -0.790. The van der Waals surface area contributed by atoms with E-state index in [1.165, 1.54) is 4.90 Å². The lowest BCUT2D eigenvalue weighted by atomic mass is 10.1. The van der Waals surface area contributed by atoms with Crippen LogP contribution >= 0.6 is 0 Å². The number of nitrogens with zero attached hydrogens (tertiary/aromatic N) is 2. The van der Waals surface area contributed by atoms with Crippen molar-refractivity contribution in [2.75, 3.05) is 19.7 Å². The fourth-order valence-electron chi connectivity index (χ4n) is 4.51. The SMILES string of the molecule is O=C(OCc1ccccc1)N1CCC[C@H]1C(=O)N1CCC[C@H]1C(O)COc1ccccc1. The van der Waals surface area contributed by atoms with Crippen molar-refractivity contribution in [3.8, 4) is 5.75 Å². The fourth-order valence-corrected chi connectivity index (χ4v) is 4.51. The van der Waals surface area contributed by atoms with Gasteiger partial charge in [0, 0.05) is 13.1 Å². The summed E-state index contributed by atoms with van der Waals surface area (Å²) in [5, 5.41) is 10.7. The van der Waals surface area contributed by atoms with Crippen molar-refractivity contribution in [2.45, 2.75) is 50.5 Å². The molecule has 0 aliphatic carbocycles. The first-order valence-corrected chi connectivity index (χ1v) is 11.3. The molecule has 7 heteroatoms. The van der Waals surface area contributed by atoms with Gasteiger partial charge in [0.1, 0.15) is 31.1 Å². The van der Waals surface area contributed by atoms with Crippen LogP contribution in [-0.2, 0) is 16.1 Å². The molecule has 3 atom stereocenters. The van der Waals surface area contributed by atoms with E-state index in [-0.39, 0.29) is 25.2 Å². The van der Waals surface area contributed by atoms with Gasteiger partial charge in [-0.25, -0.2) is 4.79 Å². The fraction of sp³-hybridized carbons (Fsp3) is 0.440. The molecular weight excluding hydrogens is 408 g/mol. The van der Waals surface area contributed by atoms with Gasteiger partial charge in [0.25, 0.3) is 0 Å². The van der Waals surface area contributed by atoms with Crippen LogP contribution in [0.15, 0.2) is 60.7 Å². The van der Waals surface area contributed by atoms with Crippen LogP contribution in [0, 0.1) is 0 Å². The third-order valence-corrected chi connectivity index (χ3v) is 6.17. The summed E-state index contributed by atoms with van der Waals surface area (Å²) < 4.78 is 11.2. The van der Waals surface area contributed by atoms with Crippen molar-refractivity contribution in [3.05, 3.63) is 66.2 Å². The van der Waals surface area contributed by atoms with Gasteiger partial charge in [0.2, 0.25) is 5.91 Å². The van der Waals surface area contributed by atoms with Crippen LogP contribution in [-0.4, -0.2) is 64.8 Å². The average Bonchev–Trinajstić information content (AvgIpc) is 3.52. The Labute approximate surface area is 188 Å². The molecule has 0 radical (unpaired) electrons. The Morgan fingerprint density at radius 3 is 2.34 bits per heavy atom. The first-order valence-electron chi connectivity index (χ1n) is 11.3. The molecule has 170 valence electrons. The highest BCUT2D eigenvalue weighted by atomic mass is 16.6. The number of ether oxygens (including phenoxy) is 2. The second kappa shape index (κ2) is 10.5. The molecule has 2 aliphatic rings. The van der Waals surface area contributed by atoms with Gasteiger partial charge in [-0.3, -0.25) is 9.69 Å². The number of rotatable bonds is 7. The second-order valence-corrected chi connectivity index (χ2v) is 8.32. The Hall–Kier alpha value is -3.06. The smallest absolute Gasteiger partial charge is 0.410 e. The minimum Gasteiger partial charge on any atom is -0.491 e. The highest BCUT2D eigenvalue weighted by Gasteiger charge is 2.42. The highest BCUT2D eigenvalue weighted by molar-refractivity contribution is 5.86. The Morgan fingerprint density at radius 2 is 1.59 bits per heavy atom. The lowest BCUT2D eigenvalue weighted by Gasteiger charge is -2.33. The number of carbonyl (C=O) groups excluding carboxylic acids is 2. The molecule has 0 aromatic heterocycles. The number of aliphatic hydroxyl groups is 1. The lowest BCUT2D eigenvalue weighted by Crippen LogP contribution is -2.52. The van der Waals surface area contributed by atoms with E-state index in [0.29, 0.717) is 25.3 Å². The standard InChI is InChI=1S/C25H30N2O5/c28-23(18-31-20-11-5-2-6-12-20)21-13-7-15-26(21)24(29)22-14-8-16-27(22)25(30)32-17-19-9-3-1-4-10-19/h1-6,9-12,21-23,28H,7-8,13-18H2/t21-,22-,23?/m0/s1. The van der Waals surface area contributed by atoms with Crippen molar-refractivity contribution in [2.24, 2.45) is 0 Å². The van der Waals surface area contributed by atoms with E-state index in [0.717, 1.165) is 24.8 Å². The largest absolute Gasteiger partial charge is 0.491 e. The Kier molecular flexibility index (Phi) is 7.27. The van der Waals surface area contributed by atoms with Crippen LogP contribution < -0.4 is 4.74 Å². The molecule has 4 rings (SSSR count). The third-order valence-electron chi connectivity index (χ3n) is 6.17. The van der Waals surface area contributed by atoms with E-state index in [4.69, 9.17) is 9.47 Å². The molecule has 1 unspecified atom stereocenters. The molecule has 2 amide bonds. The van der Waals surface area contributed by atoms with Gasteiger partial charge in [-0.1, -0.05) is 48.5 Å². The van der Waals surface area contributed by atoms with Gasteiger partial charge >= 0.3 is 6.09 Å². The van der Waals surface area contributed by atoms with Gasteiger partial charge in [0.05, 0.1) is 6.04 Å². The quantitative estimate of drug-likeness (QED) is 0.718. The van der Waals surface area contributed by atoms with Crippen molar-refractivity contribution >= 4 is 12.0 Å². The van der Waals surface area contributed by atoms with Crippen molar-refractivity contribution in [1.82, 2.24) is 9.80 Å². The molecular formula is C25H30N2O5. The molecule has 32 heavy (non-hydrogen) atoms. The monoisotopic (exact) mass is 438 g/mol. The van der Waals surface area contributed by atoms with Crippen LogP contribution in [0.4, 0.5) is 4.79 Å². The van der Waals surface area contributed by atoms with Gasteiger partial charge in [-0.2, -0.15) is 0 Å². The Bertz CT molecular complexity index is 892. The molecule has 2 saturated heterocycles. The maximum atomic E-state index is 13.4. The number of para-hydroxylation sites is 1. The normalized spacial score (nSPS) is 21.4. The molecule has 0 spiro atoms. The average molecular weight is 439 g/mol. The molecule has 2 heterocycles. The maximum Gasteiger partial charge on any atom is 0.410 e. The van der Waals surface area contributed by atoms with Crippen LogP contribution in [0.1, 0.15) is 31.2 Å². The molecule has 0 bridgehead atoms. The van der Waals surface area contributed by atoms with Crippen LogP contribution in [0.2, 0.25) is 0 Å². The number of benzene rings is 2. The van der Waals surface area contributed by atoms with Gasteiger partial charge < -0.3 is 19.5 Å². The summed E-state index contributed by atoms with van der Waals surface area (Å²) in [6.07, 6.45) is 1.66. The van der Waals surface area contributed by atoms with Crippen LogP contribution in [0.5, 0.6) is 5.75 Å². The van der Waals surface area contributed by atoms with Crippen molar-refractivity contribution < 1.29 is 24.2 Å². The zero-order valence-corrected chi connectivity index (χ0v) is 18.1. The van der Waals surface area contributed by atoms with Crippen molar-refractivity contribution in [1.29, 1.82) is 0 Å². The number of aliphatic hydroxyl groups excluding tert-OH is 1. The Morgan fingerprint density at radius 1 is 0.938 bits per heavy atom. The van der Waals surface area contributed by atoms with E-state index >= 15 is 0 Å². The maximum absolute atomic E-state index is 13.4. The van der Waals surface area contributed by atoms with E-state index in [2.05, 4.69) is 0 Å². The lowest BCUT2D eigenvalue weighted by molar-refractivity contribution is -0.139. The van der Waals surface area contributed by atoms with E-state index in [9.17, 15) is 14.7 Å². The number of carbonyl (C=O) groups is 2. The third kappa shape index (κ3) is 5.22. The molecule has 0 saturated carbocycles. The molecule has 7 nitrogen and oxygen atoms in total. The zero-order chi connectivity index (χ0) is 22.3.